The summed E-state index contributed by atoms with van der Waals surface area (Å²) < 4.78 is 15.7. The second-order valence-corrected chi connectivity index (χ2v) is 8.98. The predicted molar refractivity (Wildman–Crippen MR) is 127 cm³/mol. The summed E-state index contributed by atoms with van der Waals surface area (Å²) >= 11 is 0. The molecule has 0 radical (unpaired) electrons. The van der Waals surface area contributed by atoms with Gasteiger partial charge in [-0.15, -0.1) is 0 Å². The van der Waals surface area contributed by atoms with Crippen LogP contribution in [0.1, 0.15) is 52.6 Å². The van der Waals surface area contributed by atoms with Gasteiger partial charge < -0.3 is 9.88 Å². The van der Waals surface area contributed by atoms with Crippen LogP contribution in [0.5, 0.6) is 0 Å². The summed E-state index contributed by atoms with van der Waals surface area (Å²) in [6.45, 7) is 7.91. The van der Waals surface area contributed by atoms with E-state index >= 15 is 0 Å². The van der Waals surface area contributed by atoms with Gasteiger partial charge in [0, 0.05) is 42.4 Å². The first-order chi connectivity index (χ1) is 16.1. The Morgan fingerprint density at radius 2 is 1.91 bits per heavy atom. The molecule has 0 fully saturated rings. The van der Waals surface area contributed by atoms with Gasteiger partial charge >= 0.3 is 0 Å². The van der Waals surface area contributed by atoms with Crippen molar-refractivity contribution in [3.63, 3.8) is 0 Å². The molecule has 0 aliphatic heterocycles. The van der Waals surface area contributed by atoms with Gasteiger partial charge in [-0.3, -0.25) is 19.9 Å². The van der Waals surface area contributed by atoms with Crippen molar-refractivity contribution in [3.8, 4) is 0 Å². The maximum absolute atomic E-state index is 13.9. The first-order valence-corrected chi connectivity index (χ1v) is 10.8. The number of halogens is 1. The molecule has 4 rings (SSSR count). The van der Waals surface area contributed by atoms with Crippen molar-refractivity contribution < 1.29 is 14.0 Å². The molecule has 3 heterocycles. The predicted octanol–water partition coefficient (Wildman–Crippen LogP) is 4.21. The van der Waals surface area contributed by atoms with E-state index in [0.717, 1.165) is 5.56 Å². The number of hydrogen-bond acceptors (Lipinski definition) is 5. The number of carbonyl (C=O) groups excluding carboxylic acids is 2. The number of rotatable bonds is 5. The summed E-state index contributed by atoms with van der Waals surface area (Å²) in [6, 6.07) is 7.93. The molecule has 0 bridgehead atoms. The van der Waals surface area contributed by atoms with Crippen molar-refractivity contribution in [2.45, 2.75) is 39.8 Å². The number of amides is 2. The van der Waals surface area contributed by atoms with Crippen LogP contribution in [0, 0.1) is 12.7 Å². The summed E-state index contributed by atoms with van der Waals surface area (Å²) in [4.78, 5) is 38.4. The first-order valence-electron chi connectivity index (χ1n) is 10.8. The van der Waals surface area contributed by atoms with Gasteiger partial charge in [-0.2, -0.15) is 4.98 Å². The second-order valence-electron chi connectivity index (χ2n) is 8.98. The van der Waals surface area contributed by atoms with Crippen molar-refractivity contribution >= 4 is 28.8 Å². The molecule has 4 aromatic rings. The lowest BCUT2D eigenvalue weighted by Crippen LogP contribution is -2.23. The lowest BCUT2D eigenvalue weighted by Gasteiger charge is -2.22. The summed E-state index contributed by atoms with van der Waals surface area (Å²) in [6.07, 6.45) is 6.61. The Morgan fingerprint density at radius 3 is 2.59 bits per heavy atom. The highest BCUT2D eigenvalue weighted by Crippen LogP contribution is 2.27. The molecular weight excluding hydrogens is 435 g/mol. The molecule has 0 unspecified atom stereocenters. The van der Waals surface area contributed by atoms with Gasteiger partial charge in [0.25, 0.3) is 11.8 Å². The Bertz CT molecular complexity index is 1380. The van der Waals surface area contributed by atoms with Crippen molar-refractivity contribution in [1.29, 1.82) is 0 Å². The fourth-order valence-corrected chi connectivity index (χ4v) is 3.45. The Kier molecular flexibility index (Phi) is 6.10. The standard InChI is InChI=1S/C25H25FN6O2/c1-15-7-8-17(10-20(15)26)22(33)31-24-29-13-18-19(14-32(21(18)30-24)25(2,3)4)23(34)28-12-16-6-5-9-27-11-16/h5-11,13-14H,12H2,1-4H3,(H,28,34)(H,29,30,31,33). The number of nitrogens with one attached hydrogen (secondary N) is 2. The highest BCUT2D eigenvalue weighted by atomic mass is 19.1. The first kappa shape index (κ1) is 23.0. The minimum atomic E-state index is -0.526. The van der Waals surface area contributed by atoms with Crippen molar-refractivity contribution in [2.75, 3.05) is 5.32 Å². The van der Waals surface area contributed by atoms with Crippen LogP contribution in [-0.4, -0.2) is 31.3 Å². The van der Waals surface area contributed by atoms with Crippen molar-refractivity contribution in [2.24, 2.45) is 0 Å². The molecule has 0 aliphatic rings. The average Bonchev–Trinajstić information content (AvgIpc) is 3.19. The van der Waals surface area contributed by atoms with Crippen LogP contribution in [0.15, 0.2) is 55.1 Å². The highest BCUT2D eigenvalue weighted by Gasteiger charge is 2.23. The molecule has 8 nitrogen and oxygen atoms in total. The highest BCUT2D eigenvalue weighted by molar-refractivity contribution is 6.07. The number of carbonyl (C=O) groups is 2. The van der Waals surface area contributed by atoms with Crippen LogP contribution in [0.25, 0.3) is 11.0 Å². The van der Waals surface area contributed by atoms with Crippen molar-refractivity contribution in [3.05, 3.63) is 83.2 Å². The van der Waals surface area contributed by atoms with Gasteiger partial charge in [0.05, 0.1) is 10.9 Å². The topological polar surface area (TPSA) is 102 Å². The molecule has 0 aliphatic carbocycles. The van der Waals surface area contributed by atoms with Gasteiger partial charge in [-0.25, -0.2) is 9.37 Å². The Labute approximate surface area is 196 Å². The summed E-state index contributed by atoms with van der Waals surface area (Å²) in [5, 5.41) is 6.06. The third kappa shape index (κ3) is 4.78. The number of fused-ring (bicyclic) bond motifs is 1. The molecule has 0 spiro atoms. The zero-order valence-corrected chi connectivity index (χ0v) is 19.4. The van der Waals surface area contributed by atoms with Crippen LogP contribution in [-0.2, 0) is 12.1 Å². The number of aromatic nitrogens is 4. The quantitative estimate of drug-likeness (QED) is 0.465. The van der Waals surface area contributed by atoms with Crippen LogP contribution in [0.4, 0.5) is 10.3 Å². The minimum absolute atomic E-state index is 0.0596. The van der Waals surface area contributed by atoms with Gasteiger partial charge in [0.2, 0.25) is 5.95 Å². The van der Waals surface area contributed by atoms with Gasteiger partial charge in [-0.1, -0.05) is 12.1 Å². The maximum atomic E-state index is 13.9. The van der Waals surface area contributed by atoms with Crippen LogP contribution >= 0.6 is 0 Å². The molecule has 34 heavy (non-hydrogen) atoms. The van der Waals surface area contributed by atoms with E-state index < -0.39 is 17.3 Å². The van der Waals surface area contributed by atoms with E-state index in [1.165, 1.54) is 24.4 Å². The Hall–Kier alpha value is -4.14. The SMILES string of the molecule is Cc1ccc(C(=O)Nc2ncc3c(C(=O)NCc4cccnc4)cn(C(C)(C)C)c3n2)cc1F. The summed E-state index contributed by atoms with van der Waals surface area (Å²) in [7, 11) is 0. The number of nitrogens with zero attached hydrogens (tertiary/aromatic N) is 4. The van der Waals surface area contributed by atoms with E-state index in [1.54, 1.807) is 25.5 Å². The second kappa shape index (κ2) is 9.01. The van der Waals surface area contributed by atoms with Crippen LogP contribution in [0.3, 0.4) is 0 Å². The minimum Gasteiger partial charge on any atom is -0.348 e. The maximum Gasteiger partial charge on any atom is 0.258 e. The van der Waals surface area contributed by atoms with E-state index in [2.05, 4.69) is 25.6 Å². The lowest BCUT2D eigenvalue weighted by molar-refractivity contribution is 0.0951. The van der Waals surface area contributed by atoms with E-state index in [1.807, 2.05) is 37.5 Å². The number of pyridine rings is 1. The van der Waals surface area contributed by atoms with E-state index in [9.17, 15) is 14.0 Å². The number of aryl methyl sites for hydroxylation is 1. The van der Waals surface area contributed by atoms with E-state index in [0.29, 0.717) is 28.7 Å². The molecule has 1 aromatic carbocycles. The molecule has 0 saturated carbocycles. The van der Waals surface area contributed by atoms with Gasteiger partial charge in [0.1, 0.15) is 11.5 Å². The molecule has 0 atom stereocenters. The van der Waals surface area contributed by atoms with Crippen LogP contribution < -0.4 is 10.6 Å². The van der Waals surface area contributed by atoms with E-state index in [-0.39, 0.29) is 17.4 Å². The van der Waals surface area contributed by atoms with Crippen molar-refractivity contribution in [1.82, 2.24) is 24.8 Å². The fourth-order valence-electron chi connectivity index (χ4n) is 3.45. The average molecular weight is 461 g/mol. The third-order valence-corrected chi connectivity index (χ3v) is 5.35. The zero-order chi connectivity index (χ0) is 24.5. The zero-order valence-electron chi connectivity index (χ0n) is 19.4. The van der Waals surface area contributed by atoms with Crippen LogP contribution in [0.2, 0.25) is 0 Å². The fraction of sp³-hybridized carbons (Fsp3) is 0.240. The lowest BCUT2D eigenvalue weighted by atomic mass is 10.1. The molecular formula is C25H25FN6O2. The van der Waals surface area contributed by atoms with Gasteiger partial charge in [0.15, 0.2) is 0 Å². The Balaban J connectivity index is 1.64. The molecule has 2 amide bonds. The van der Waals surface area contributed by atoms with E-state index in [4.69, 9.17) is 0 Å². The molecule has 9 heteroatoms. The molecule has 0 saturated heterocycles. The Morgan fingerprint density at radius 1 is 1.12 bits per heavy atom. The normalized spacial score (nSPS) is 11.4. The molecule has 174 valence electrons. The smallest absolute Gasteiger partial charge is 0.258 e. The number of hydrogen-bond donors (Lipinski definition) is 2. The monoisotopic (exact) mass is 460 g/mol. The number of benzene rings is 1. The summed E-state index contributed by atoms with van der Waals surface area (Å²) in [5.74, 6) is -1.20. The molecule has 2 N–H and O–H groups in total. The number of anilines is 1. The third-order valence-electron chi connectivity index (χ3n) is 5.35. The van der Waals surface area contributed by atoms with Gasteiger partial charge in [-0.05, 0) is 57.0 Å². The molecule has 3 aromatic heterocycles. The largest absolute Gasteiger partial charge is 0.348 e. The summed E-state index contributed by atoms with van der Waals surface area (Å²) in [5.41, 5.74) is 2.02.